The number of unbranched alkanes of at least 4 members (excludes halogenated alkanes) is 2. The molecule has 1 atom stereocenters. The van der Waals surface area contributed by atoms with Gasteiger partial charge >= 0.3 is 5.97 Å². The van der Waals surface area contributed by atoms with E-state index < -0.39 is 26.2 Å². The first-order valence-corrected chi connectivity index (χ1v) is 16.6. The molecule has 0 saturated carbocycles. The fourth-order valence-electron chi connectivity index (χ4n) is 3.17. The fraction of sp³-hybridized carbons (Fsp3) is 0.538. The summed E-state index contributed by atoms with van der Waals surface area (Å²) >= 11 is 1.30. The number of thiazole rings is 1. The Morgan fingerprint density at radius 2 is 1.85 bits per heavy atom. The van der Waals surface area contributed by atoms with Crippen LogP contribution in [0.25, 0.3) is 21.0 Å². The van der Waals surface area contributed by atoms with Gasteiger partial charge in [-0.05, 0) is 60.8 Å². The van der Waals surface area contributed by atoms with Crippen LogP contribution in [-0.2, 0) is 18.8 Å². The molecule has 0 saturated heterocycles. The van der Waals surface area contributed by atoms with E-state index in [1.54, 1.807) is 17.5 Å². The molecule has 2 N–H and O–H groups in total. The van der Waals surface area contributed by atoms with Crippen molar-refractivity contribution in [2.24, 2.45) is 5.11 Å². The number of azide groups is 1. The van der Waals surface area contributed by atoms with Crippen LogP contribution >= 0.6 is 11.3 Å². The van der Waals surface area contributed by atoms with Crippen LogP contribution in [0.5, 0.6) is 0 Å². The molecule has 0 bridgehead atoms. The first-order chi connectivity index (χ1) is 18.4. The Morgan fingerprint density at radius 3 is 2.46 bits per heavy atom. The topological polar surface area (TPSA) is 155 Å². The van der Waals surface area contributed by atoms with E-state index in [2.05, 4.69) is 59.5 Å². The quantitative estimate of drug-likeness (QED) is 0.0713. The van der Waals surface area contributed by atoms with Crippen LogP contribution in [0.3, 0.4) is 0 Å². The van der Waals surface area contributed by atoms with Crippen LogP contribution in [0.15, 0.2) is 34.8 Å². The summed E-state index contributed by atoms with van der Waals surface area (Å²) in [6.45, 7) is 10.9. The number of methoxy groups -OCH3 is 1. The lowest BCUT2D eigenvalue weighted by Crippen LogP contribution is -2.49. The van der Waals surface area contributed by atoms with Gasteiger partial charge in [0.1, 0.15) is 16.7 Å². The van der Waals surface area contributed by atoms with Crippen LogP contribution in [-0.4, -0.2) is 57.4 Å². The van der Waals surface area contributed by atoms with E-state index >= 15 is 0 Å². The maximum absolute atomic E-state index is 12.9. The van der Waals surface area contributed by atoms with Crippen molar-refractivity contribution in [3.63, 3.8) is 0 Å². The second-order valence-corrected chi connectivity index (χ2v) is 16.2. The third-order valence-corrected chi connectivity index (χ3v) is 12.0. The second kappa shape index (κ2) is 14.8. The van der Waals surface area contributed by atoms with Crippen LogP contribution in [0.4, 0.5) is 5.69 Å². The molecular formula is C26H38N6O5SSi. The van der Waals surface area contributed by atoms with Crippen LogP contribution in [0.2, 0.25) is 18.1 Å². The Labute approximate surface area is 234 Å². The van der Waals surface area contributed by atoms with Crippen LogP contribution in [0, 0.1) is 0 Å². The Bertz CT molecular complexity index is 1170. The lowest BCUT2D eigenvalue weighted by molar-refractivity contribution is -0.143. The number of hydrogen-bond acceptors (Lipinski definition) is 8. The van der Waals surface area contributed by atoms with Crippen molar-refractivity contribution in [3.8, 4) is 10.6 Å². The van der Waals surface area contributed by atoms with E-state index in [-0.39, 0.29) is 23.2 Å². The van der Waals surface area contributed by atoms with Crippen LogP contribution in [0.1, 0.15) is 56.9 Å². The SMILES string of the molecule is COC(=O)[C@H](CO[Si](C)(C)C(C)(C)C)NC(=O)c1csc(-c2ccc(NC(=O)CCCCCN=[N+]=[N-])cc2)n1. The Balaban J connectivity index is 1.95. The van der Waals surface area contributed by atoms with E-state index in [4.69, 9.17) is 14.7 Å². The highest BCUT2D eigenvalue weighted by atomic mass is 32.1. The van der Waals surface area contributed by atoms with E-state index in [1.165, 1.54) is 18.4 Å². The minimum Gasteiger partial charge on any atom is -0.467 e. The average molecular weight is 575 g/mol. The monoisotopic (exact) mass is 574 g/mol. The van der Waals surface area contributed by atoms with Gasteiger partial charge in [0.25, 0.3) is 5.91 Å². The number of hydrogen-bond donors (Lipinski definition) is 2. The van der Waals surface area contributed by atoms with Gasteiger partial charge in [-0.2, -0.15) is 0 Å². The van der Waals surface area contributed by atoms with E-state index in [9.17, 15) is 14.4 Å². The summed E-state index contributed by atoms with van der Waals surface area (Å²) < 4.78 is 11.0. The molecule has 2 rings (SSSR count). The number of benzene rings is 1. The number of nitrogens with zero attached hydrogens (tertiary/aromatic N) is 4. The second-order valence-electron chi connectivity index (χ2n) is 10.5. The zero-order valence-electron chi connectivity index (χ0n) is 23.4. The first kappa shape index (κ1) is 32.0. The molecule has 0 unspecified atom stereocenters. The van der Waals surface area contributed by atoms with Crippen molar-refractivity contribution in [3.05, 3.63) is 45.8 Å². The molecule has 0 fully saturated rings. The zero-order valence-corrected chi connectivity index (χ0v) is 25.3. The summed E-state index contributed by atoms with van der Waals surface area (Å²) in [5.41, 5.74) is 9.91. The summed E-state index contributed by atoms with van der Waals surface area (Å²) in [4.78, 5) is 44.5. The molecule has 0 spiro atoms. The van der Waals surface area contributed by atoms with E-state index in [0.29, 0.717) is 30.1 Å². The predicted molar refractivity (Wildman–Crippen MR) is 155 cm³/mol. The molecule has 39 heavy (non-hydrogen) atoms. The summed E-state index contributed by atoms with van der Waals surface area (Å²) in [6, 6.07) is 6.25. The number of rotatable bonds is 14. The molecule has 0 aliphatic rings. The highest BCUT2D eigenvalue weighted by molar-refractivity contribution is 7.13. The molecule has 1 heterocycles. The number of anilines is 1. The van der Waals surface area contributed by atoms with E-state index in [1.807, 2.05) is 12.1 Å². The number of nitrogens with one attached hydrogen (secondary N) is 2. The molecule has 0 radical (unpaired) electrons. The molecular weight excluding hydrogens is 536 g/mol. The number of esters is 1. The summed E-state index contributed by atoms with van der Waals surface area (Å²) in [6.07, 6.45) is 2.67. The smallest absolute Gasteiger partial charge is 0.330 e. The molecule has 13 heteroatoms. The fourth-order valence-corrected chi connectivity index (χ4v) is 4.99. The average Bonchev–Trinajstić information content (AvgIpc) is 3.38. The first-order valence-electron chi connectivity index (χ1n) is 12.8. The van der Waals surface area contributed by atoms with E-state index in [0.717, 1.165) is 18.4 Å². The third kappa shape index (κ3) is 10.1. The van der Waals surface area contributed by atoms with Gasteiger partial charge in [0.2, 0.25) is 5.91 Å². The van der Waals surface area contributed by atoms with Gasteiger partial charge in [-0.15, -0.1) is 11.3 Å². The van der Waals surface area contributed by atoms with Crippen molar-refractivity contribution in [2.75, 3.05) is 25.6 Å². The molecule has 0 aliphatic heterocycles. The third-order valence-electron chi connectivity index (χ3n) is 6.59. The number of amides is 2. The molecule has 212 valence electrons. The normalized spacial score (nSPS) is 12.3. The molecule has 2 aromatic rings. The number of aromatic nitrogens is 1. The van der Waals surface area contributed by atoms with Gasteiger partial charge in [-0.3, -0.25) is 9.59 Å². The maximum Gasteiger partial charge on any atom is 0.330 e. The van der Waals surface area contributed by atoms with Gasteiger partial charge in [0.05, 0.1) is 13.7 Å². The number of carbonyl (C=O) groups is 3. The van der Waals surface area contributed by atoms with Gasteiger partial charge in [0, 0.05) is 34.5 Å². The Hall–Kier alpha value is -3.25. The minimum atomic E-state index is -2.14. The van der Waals surface area contributed by atoms with Gasteiger partial charge in [-0.25, -0.2) is 9.78 Å². The largest absolute Gasteiger partial charge is 0.467 e. The Morgan fingerprint density at radius 1 is 1.15 bits per heavy atom. The van der Waals surface area contributed by atoms with Crippen molar-refractivity contribution in [1.29, 1.82) is 0 Å². The molecule has 0 aliphatic carbocycles. The number of carbonyl (C=O) groups excluding carboxylic acids is 3. The molecule has 2 amide bonds. The lowest BCUT2D eigenvalue weighted by atomic mass is 10.1. The summed E-state index contributed by atoms with van der Waals surface area (Å²) in [5, 5.41) is 11.2. The van der Waals surface area contributed by atoms with Gasteiger partial charge < -0.3 is 19.8 Å². The van der Waals surface area contributed by atoms with Gasteiger partial charge in [0.15, 0.2) is 8.32 Å². The van der Waals surface area contributed by atoms with Crippen LogP contribution < -0.4 is 10.6 Å². The lowest BCUT2D eigenvalue weighted by Gasteiger charge is -2.37. The summed E-state index contributed by atoms with van der Waals surface area (Å²) in [7, 11) is -0.865. The number of ether oxygens (including phenoxy) is 1. The molecule has 11 nitrogen and oxygen atoms in total. The molecule has 1 aromatic heterocycles. The predicted octanol–water partition coefficient (Wildman–Crippen LogP) is 5.91. The van der Waals surface area contributed by atoms with Crippen molar-refractivity contribution < 1.29 is 23.5 Å². The van der Waals surface area contributed by atoms with Crippen molar-refractivity contribution in [1.82, 2.24) is 10.3 Å². The molecule has 1 aromatic carbocycles. The highest BCUT2D eigenvalue weighted by Crippen LogP contribution is 2.36. The zero-order chi connectivity index (χ0) is 29.1. The standard InChI is InChI=1S/C26H38N6O5SSi/c1-26(2,3)39(5,6)37-16-20(25(35)36-4)30-23(34)21-17-38-24(31-21)18-11-13-19(14-12-18)29-22(33)10-8-7-9-15-28-32-27/h11-14,17,20H,7-10,15-16H2,1-6H3,(H,29,33)(H,30,34)/t20-/m0/s1. The van der Waals surface area contributed by atoms with Crippen molar-refractivity contribution >= 4 is 43.1 Å². The minimum absolute atomic E-state index is 0.0226. The Kier molecular flexibility index (Phi) is 12.1. The summed E-state index contributed by atoms with van der Waals surface area (Å²) in [5.74, 6) is -1.16. The highest BCUT2D eigenvalue weighted by Gasteiger charge is 2.38. The van der Waals surface area contributed by atoms with Gasteiger partial charge in [-0.1, -0.05) is 32.3 Å². The van der Waals surface area contributed by atoms with Crippen molar-refractivity contribution in [2.45, 2.75) is 70.6 Å². The maximum atomic E-state index is 12.9.